The second kappa shape index (κ2) is 7.10. The molecule has 1 aromatic heterocycles. The van der Waals surface area contributed by atoms with Gasteiger partial charge in [0.1, 0.15) is 0 Å². The van der Waals surface area contributed by atoms with Crippen molar-refractivity contribution in [2.45, 2.75) is 26.3 Å². The number of aromatic carboxylic acids is 1. The van der Waals surface area contributed by atoms with Crippen LogP contribution in [0.5, 0.6) is 0 Å². The van der Waals surface area contributed by atoms with Gasteiger partial charge in [-0.25, -0.2) is 4.79 Å². The molecule has 0 spiro atoms. The molecular weight excluding hydrogens is 254 g/mol. The molecule has 1 amide bonds. The van der Waals surface area contributed by atoms with Gasteiger partial charge >= 0.3 is 5.97 Å². The van der Waals surface area contributed by atoms with Crippen molar-refractivity contribution in [2.24, 2.45) is 0 Å². The molecule has 0 saturated heterocycles. The average Bonchev–Trinajstić information content (AvgIpc) is 2.78. The van der Waals surface area contributed by atoms with Gasteiger partial charge in [-0.15, -0.1) is 0 Å². The predicted molar refractivity (Wildman–Crippen MR) is 70.2 cm³/mol. The van der Waals surface area contributed by atoms with E-state index in [4.69, 9.17) is 9.52 Å². The lowest BCUT2D eigenvalue weighted by atomic mass is 10.2. The monoisotopic (exact) mass is 271 g/mol. The van der Waals surface area contributed by atoms with Crippen LogP contribution in [0.25, 0.3) is 0 Å². The summed E-state index contributed by atoms with van der Waals surface area (Å²) in [4.78, 5) is 22.3. The summed E-state index contributed by atoms with van der Waals surface area (Å²) in [5.41, 5.74) is 0. The van der Waals surface area contributed by atoms with Crippen LogP contribution in [0.1, 0.15) is 41.4 Å². The molecule has 1 unspecified atom stereocenters. The fourth-order valence-corrected chi connectivity index (χ4v) is 2.16. The summed E-state index contributed by atoms with van der Waals surface area (Å²) in [6.07, 6.45) is 0.872. The zero-order valence-electron chi connectivity index (χ0n) is 10.4. The minimum Gasteiger partial charge on any atom is -0.475 e. The molecule has 18 heavy (non-hydrogen) atoms. The summed E-state index contributed by atoms with van der Waals surface area (Å²) in [7, 11) is 0. The highest BCUT2D eigenvalue weighted by atomic mass is 32.2. The number of nitrogens with one attached hydrogen (secondary N) is 1. The Kier molecular flexibility index (Phi) is 5.77. The highest BCUT2D eigenvalue weighted by Gasteiger charge is 2.16. The van der Waals surface area contributed by atoms with Crippen LogP contribution < -0.4 is 5.32 Å². The first-order valence-corrected chi connectivity index (χ1v) is 6.91. The molecule has 100 valence electrons. The van der Waals surface area contributed by atoms with Crippen molar-refractivity contribution in [3.05, 3.63) is 23.7 Å². The van der Waals surface area contributed by atoms with Crippen LogP contribution in [0.4, 0.5) is 0 Å². The minimum atomic E-state index is -1.18. The highest BCUT2D eigenvalue weighted by Crippen LogP contribution is 2.09. The zero-order valence-corrected chi connectivity index (χ0v) is 11.3. The Hall–Kier alpha value is -1.43. The summed E-state index contributed by atoms with van der Waals surface area (Å²) in [5, 5.41) is 11.4. The molecule has 5 nitrogen and oxygen atoms in total. The van der Waals surface area contributed by atoms with Gasteiger partial charge in [-0.2, -0.15) is 11.8 Å². The maximum Gasteiger partial charge on any atom is 0.371 e. The fourth-order valence-electron chi connectivity index (χ4n) is 1.35. The Morgan fingerprint density at radius 1 is 1.44 bits per heavy atom. The highest BCUT2D eigenvalue weighted by molar-refractivity contribution is 7.99. The van der Waals surface area contributed by atoms with Crippen LogP contribution >= 0.6 is 11.8 Å². The number of thioether (sulfide) groups is 1. The number of carboxylic acids is 1. The van der Waals surface area contributed by atoms with E-state index in [1.807, 2.05) is 18.7 Å². The van der Waals surface area contributed by atoms with Crippen LogP contribution in [-0.4, -0.2) is 34.5 Å². The lowest BCUT2D eigenvalue weighted by Crippen LogP contribution is -2.32. The summed E-state index contributed by atoms with van der Waals surface area (Å²) in [6.45, 7) is 4.00. The zero-order chi connectivity index (χ0) is 13.5. The van der Waals surface area contributed by atoms with Crippen LogP contribution in [0.3, 0.4) is 0 Å². The van der Waals surface area contributed by atoms with E-state index >= 15 is 0 Å². The van der Waals surface area contributed by atoms with Crippen LogP contribution in [0.2, 0.25) is 0 Å². The molecule has 0 aliphatic carbocycles. The van der Waals surface area contributed by atoms with Gasteiger partial charge in [0.15, 0.2) is 5.76 Å². The number of carbonyl (C=O) groups is 2. The Morgan fingerprint density at radius 2 is 2.11 bits per heavy atom. The first-order chi connectivity index (χ1) is 8.54. The van der Waals surface area contributed by atoms with Crippen molar-refractivity contribution >= 4 is 23.6 Å². The van der Waals surface area contributed by atoms with Gasteiger partial charge in [0.2, 0.25) is 5.76 Å². The third-order valence-corrected chi connectivity index (χ3v) is 3.25. The third kappa shape index (κ3) is 4.44. The number of rotatable bonds is 7. The summed E-state index contributed by atoms with van der Waals surface area (Å²) in [6, 6.07) is 2.68. The molecule has 1 atom stereocenters. The average molecular weight is 271 g/mol. The molecule has 1 heterocycles. The SMILES string of the molecule is CCSCCC(C)NC(=O)c1ccc(C(=O)O)o1. The van der Waals surface area contributed by atoms with E-state index in [0.717, 1.165) is 17.9 Å². The van der Waals surface area contributed by atoms with E-state index in [2.05, 4.69) is 12.2 Å². The quantitative estimate of drug-likeness (QED) is 0.743. The Bertz CT molecular complexity index is 416. The first kappa shape index (κ1) is 14.6. The molecule has 0 aliphatic heterocycles. The first-order valence-electron chi connectivity index (χ1n) is 5.76. The van der Waals surface area contributed by atoms with Gasteiger partial charge in [0.05, 0.1) is 0 Å². The van der Waals surface area contributed by atoms with Crippen molar-refractivity contribution in [1.82, 2.24) is 5.32 Å². The predicted octanol–water partition coefficient (Wildman–Crippen LogP) is 2.24. The maximum atomic E-state index is 11.7. The normalized spacial score (nSPS) is 12.1. The number of carboxylic acid groups (broad SMARTS) is 1. The molecule has 1 rings (SSSR count). The topological polar surface area (TPSA) is 79.5 Å². The summed E-state index contributed by atoms with van der Waals surface area (Å²) < 4.78 is 4.92. The second-order valence-corrected chi connectivity index (χ2v) is 5.22. The largest absolute Gasteiger partial charge is 0.475 e. The van der Waals surface area contributed by atoms with Gasteiger partial charge in [-0.1, -0.05) is 6.92 Å². The second-order valence-electron chi connectivity index (χ2n) is 3.83. The van der Waals surface area contributed by atoms with Gasteiger partial charge in [-0.3, -0.25) is 4.79 Å². The molecule has 0 radical (unpaired) electrons. The smallest absolute Gasteiger partial charge is 0.371 e. The molecule has 0 fully saturated rings. The fraction of sp³-hybridized carbons (Fsp3) is 0.500. The minimum absolute atomic E-state index is 0.0300. The van der Waals surface area contributed by atoms with E-state index in [1.54, 1.807) is 0 Å². The van der Waals surface area contributed by atoms with Gasteiger partial charge in [0, 0.05) is 6.04 Å². The number of furan rings is 1. The van der Waals surface area contributed by atoms with Crippen LogP contribution in [0, 0.1) is 0 Å². The van der Waals surface area contributed by atoms with Crippen molar-refractivity contribution in [3.8, 4) is 0 Å². The van der Waals surface area contributed by atoms with Crippen LogP contribution in [0.15, 0.2) is 16.5 Å². The van der Waals surface area contributed by atoms with E-state index in [1.165, 1.54) is 12.1 Å². The molecule has 6 heteroatoms. The lowest BCUT2D eigenvalue weighted by Gasteiger charge is -2.12. The lowest BCUT2D eigenvalue weighted by molar-refractivity contribution is 0.0659. The molecule has 2 N–H and O–H groups in total. The maximum absolute atomic E-state index is 11.7. The standard InChI is InChI=1S/C12H17NO4S/c1-3-18-7-6-8(2)13-11(14)9-4-5-10(17-9)12(15)16/h4-5,8H,3,6-7H2,1-2H3,(H,13,14)(H,15,16). The van der Waals surface area contributed by atoms with Gasteiger partial charge in [0.25, 0.3) is 5.91 Å². The van der Waals surface area contributed by atoms with E-state index in [-0.39, 0.29) is 23.5 Å². The third-order valence-electron chi connectivity index (χ3n) is 2.32. The number of carbonyl (C=O) groups excluding carboxylic acids is 1. The van der Waals surface area contributed by atoms with Gasteiger partial charge < -0.3 is 14.8 Å². The number of hydrogen-bond acceptors (Lipinski definition) is 4. The molecule has 1 aromatic rings. The summed E-state index contributed by atoms with van der Waals surface area (Å²) in [5.74, 6) is 0.284. The van der Waals surface area contributed by atoms with E-state index in [9.17, 15) is 9.59 Å². The number of hydrogen-bond donors (Lipinski definition) is 2. The van der Waals surface area contributed by atoms with Crippen molar-refractivity contribution in [2.75, 3.05) is 11.5 Å². The molecule has 0 bridgehead atoms. The van der Waals surface area contributed by atoms with Crippen molar-refractivity contribution in [3.63, 3.8) is 0 Å². The molecule has 0 saturated carbocycles. The van der Waals surface area contributed by atoms with Crippen molar-refractivity contribution in [1.29, 1.82) is 0 Å². The van der Waals surface area contributed by atoms with E-state index < -0.39 is 5.97 Å². The summed E-state index contributed by atoms with van der Waals surface area (Å²) >= 11 is 1.81. The van der Waals surface area contributed by atoms with Crippen LogP contribution in [-0.2, 0) is 0 Å². The Balaban J connectivity index is 2.46. The molecule has 0 aromatic carbocycles. The number of amides is 1. The Labute approximate surface area is 110 Å². The van der Waals surface area contributed by atoms with E-state index in [0.29, 0.717) is 0 Å². The molecule has 0 aliphatic rings. The molecular formula is C12H17NO4S. The van der Waals surface area contributed by atoms with Gasteiger partial charge in [-0.05, 0) is 37.0 Å². The van der Waals surface area contributed by atoms with Crippen molar-refractivity contribution < 1.29 is 19.1 Å². The Morgan fingerprint density at radius 3 is 2.67 bits per heavy atom.